The average Bonchev–Trinajstić information content (AvgIpc) is 2.84. The molecule has 7 nitrogen and oxygen atoms in total. The van der Waals surface area contributed by atoms with E-state index in [0.717, 1.165) is 11.1 Å². The van der Waals surface area contributed by atoms with Crippen LogP contribution in [0.2, 0.25) is 10.0 Å². The van der Waals surface area contributed by atoms with Gasteiger partial charge in [0.05, 0.1) is 36.4 Å². The minimum absolute atomic E-state index is 0.0131. The minimum Gasteiger partial charge on any atom is -0.465 e. The fraction of sp³-hybridized carbons (Fsp3) is 0.440. The second-order valence-electron chi connectivity index (χ2n) is 8.09. The fourth-order valence-electron chi connectivity index (χ4n) is 3.71. The van der Waals surface area contributed by atoms with Gasteiger partial charge in [-0.15, -0.1) is 0 Å². The number of rotatable bonds is 11. The molecule has 0 bridgehead atoms. The molecule has 1 aliphatic rings. The van der Waals surface area contributed by atoms with Crippen LogP contribution in [0.1, 0.15) is 18.1 Å². The van der Waals surface area contributed by atoms with E-state index in [1.807, 2.05) is 46.2 Å². The van der Waals surface area contributed by atoms with Gasteiger partial charge in [0.1, 0.15) is 6.04 Å². The van der Waals surface area contributed by atoms with Crippen molar-refractivity contribution in [1.29, 1.82) is 0 Å². The van der Waals surface area contributed by atoms with E-state index in [-0.39, 0.29) is 25.0 Å². The van der Waals surface area contributed by atoms with Gasteiger partial charge in [-0.1, -0.05) is 59.6 Å². The Balaban J connectivity index is 1.56. The van der Waals surface area contributed by atoms with Crippen LogP contribution in [0.15, 0.2) is 48.5 Å². The van der Waals surface area contributed by atoms with Crippen molar-refractivity contribution in [2.75, 3.05) is 45.9 Å². The van der Waals surface area contributed by atoms with E-state index in [1.54, 1.807) is 19.1 Å². The lowest BCUT2D eigenvalue weighted by molar-refractivity contribution is -0.145. The third kappa shape index (κ3) is 8.25. The van der Waals surface area contributed by atoms with Gasteiger partial charge in [0.2, 0.25) is 5.91 Å². The minimum atomic E-state index is -0.500. The molecule has 184 valence electrons. The van der Waals surface area contributed by atoms with Gasteiger partial charge >= 0.3 is 5.97 Å². The first-order valence-corrected chi connectivity index (χ1v) is 12.2. The van der Waals surface area contributed by atoms with Gasteiger partial charge < -0.3 is 14.4 Å². The summed E-state index contributed by atoms with van der Waals surface area (Å²) in [5.74, 6) is -0.249. The molecule has 0 radical (unpaired) electrons. The molecule has 1 amide bonds. The molecule has 1 N–H and O–H groups in total. The third-order valence-corrected chi connectivity index (χ3v) is 6.31. The molecule has 1 fully saturated rings. The molecule has 0 spiro atoms. The molecule has 1 saturated heterocycles. The van der Waals surface area contributed by atoms with Gasteiger partial charge in [-0.05, 0) is 30.2 Å². The largest absolute Gasteiger partial charge is 0.465 e. The van der Waals surface area contributed by atoms with Crippen molar-refractivity contribution in [1.82, 2.24) is 15.1 Å². The molecule has 2 aromatic carbocycles. The number of carbonyl (C=O) groups excluding carboxylic acids is 2. The predicted octanol–water partition coefficient (Wildman–Crippen LogP) is 3.38. The molecular weight excluding hydrogens is 477 g/mol. The number of nitrogens with one attached hydrogen (secondary N) is 1. The van der Waals surface area contributed by atoms with Crippen LogP contribution in [0, 0.1) is 0 Å². The van der Waals surface area contributed by atoms with Crippen molar-refractivity contribution in [2.24, 2.45) is 0 Å². The Morgan fingerprint density at radius 1 is 1.00 bits per heavy atom. The van der Waals surface area contributed by atoms with Crippen molar-refractivity contribution in [2.45, 2.75) is 26.1 Å². The predicted molar refractivity (Wildman–Crippen MR) is 133 cm³/mol. The standard InChI is InChI=1S/C25H31Cl2N3O4/c1-2-34-24(31)16-29-10-12-30(13-11-29)25(32)23(28-15-19-6-4-3-5-7-19)18-33-17-20-8-9-21(26)22(27)14-20/h3-9,14,23,28H,2,10-13,15-18H2,1H3/t23-/m0/s1. The SMILES string of the molecule is CCOC(=O)CN1CCN(C(=O)[C@H](COCc2ccc(Cl)c(Cl)c2)NCc2ccccc2)CC1. The summed E-state index contributed by atoms with van der Waals surface area (Å²) in [6.45, 7) is 5.85. The first kappa shape index (κ1) is 26.4. The molecule has 0 saturated carbocycles. The number of esters is 1. The molecule has 1 aliphatic heterocycles. The first-order valence-electron chi connectivity index (χ1n) is 11.4. The molecule has 2 aromatic rings. The maximum atomic E-state index is 13.3. The summed E-state index contributed by atoms with van der Waals surface area (Å²) in [4.78, 5) is 28.9. The summed E-state index contributed by atoms with van der Waals surface area (Å²) in [6.07, 6.45) is 0. The van der Waals surface area contributed by atoms with Crippen LogP contribution in [0.5, 0.6) is 0 Å². The highest BCUT2D eigenvalue weighted by Crippen LogP contribution is 2.23. The number of carbonyl (C=O) groups is 2. The molecule has 1 heterocycles. The summed E-state index contributed by atoms with van der Waals surface area (Å²) in [7, 11) is 0. The second kappa shape index (κ2) is 13.7. The van der Waals surface area contributed by atoms with Crippen LogP contribution in [0.25, 0.3) is 0 Å². The summed E-state index contributed by atoms with van der Waals surface area (Å²) >= 11 is 12.1. The van der Waals surface area contributed by atoms with E-state index in [0.29, 0.717) is 56.0 Å². The lowest BCUT2D eigenvalue weighted by atomic mass is 10.2. The highest BCUT2D eigenvalue weighted by molar-refractivity contribution is 6.42. The lowest BCUT2D eigenvalue weighted by Gasteiger charge is -2.36. The first-order chi connectivity index (χ1) is 16.5. The number of nitrogens with zero attached hydrogens (tertiary/aromatic N) is 2. The molecule has 0 aromatic heterocycles. The summed E-state index contributed by atoms with van der Waals surface area (Å²) < 4.78 is 10.9. The zero-order valence-electron chi connectivity index (χ0n) is 19.3. The molecule has 34 heavy (non-hydrogen) atoms. The number of halogens is 2. The Kier molecular flexibility index (Phi) is 10.6. The van der Waals surface area contributed by atoms with E-state index in [9.17, 15) is 9.59 Å². The number of ether oxygens (including phenoxy) is 2. The van der Waals surface area contributed by atoms with E-state index in [4.69, 9.17) is 32.7 Å². The van der Waals surface area contributed by atoms with Crippen molar-refractivity contribution in [3.8, 4) is 0 Å². The fourth-order valence-corrected chi connectivity index (χ4v) is 4.04. The van der Waals surface area contributed by atoms with Crippen molar-refractivity contribution in [3.05, 3.63) is 69.7 Å². The lowest BCUT2D eigenvalue weighted by Crippen LogP contribution is -2.55. The van der Waals surface area contributed by atoms with Crippen LogP contribution in [-0.2, 0) is 32.2 Å². The monoisotopic (exact) mass is 507 g/mol. The maximum Gasteiger partial charge on any atom is 0.320 e. The van der Waals surface area contributed by atoms with Crippen LogP contribution in [0.4, 0.5) is 0 Å². The van der Waals surface area contributed by atoms with Crippen LogP contribution in [-0.4, -0.2) is 73.7 Å². The van der Waals surface area contributed by atoms with Gasteiger partial charge in [0.25, 0.3) is 0 Å². The summed E-state index contributed by atoms with van der Waals surface area (Å²) in [5.41, 5.74) is 1.97. The zero-order chi connectivity index (χ0) is 24.3. The number of hydrogen-bond acceptors (Lipinski definition) is 6. The Labute approximate surface area is 210 Å². The molecule has 1 atom stereocenters. The zero-order valence-corrected chi connectivity index (χ0v) is 20.9. The second-order valence-corrected chi connectivity index (χ2v) is 8.90. The molecule has 9 heteroatoms. The van der Waals surface area contributed by atoms with E-state index < -0.39 is 6.04 Å². The smallest absolute Gasteiger partial charge is 0.320 e. The van der Waals surface area contributed by atoms with Gasteiger partial charge in [-0.3, -0.25) is 19.8 Å². The van der Waals surface area contributed by atoms with Gasteiger partial charge in [-0.25, -0.2) is 0 Å². The maximum absolute atomic E-state index is 13.3. The number of amides is 1. The van der Waals surface area contributed by atoms with E-state index in [1.165, 1.54) is 0 Å². The van der Waals surface area contributed by atoms with Crippen molar-refractivity contribution >= 4 is 35.1 Å². The Bertz CT molecular complexity index is 937. The number of benzene rings is 2. The van der Waals surface area contributed by atoms with Crippen molar-refractivity contribution in [3.63, 3.8) is 0 Å². The van der Waals surface area contributed by atoms with Crippen LogP contribution < -0.4 is 5.32 Å². The van der Waals surface area contributed by atoms with Crippen LogP contribution in [0.3, 0.4) is 0 Å². The molecule has 0 unspecified atom stereocenters. The number of piperazine rings is 1. The van der Waals surface area contributed by atoms with Gasteiger partial charge in [0.15, 0.2) is 0 Å². The Morgan fingerprint density at radius 2 is 1.74 bits per heavy atom. The van der Waals surface area contributed by atoms with Gasteiger partial charge in [0, 0.05) is 32.7 Å². The molecule has 0 aliphatic carbocycles. The topological polar surface area (TPSA) is 71.1 Å². The van der Waals surface area contributed by atoms with E-state index >= 15 is 0 Å². The summed E-state index contributed by atoms with van der Waals surface area (Å²) in [6, 6.07) is 14.8. The Morgan fingerprint density at radius 3 is 2.41 bits per heavy atom. The van der Waals surface area contributed by atoms with Gasteiger partial charge in [-0.2, -0.15) is 0 Å². The Hall–Kier alpha value is -2.16. The summed E-state index contributed by atoms with van der Waals surface area (Å²) in [5, 5.41) is 4.31. The number of hydrogen-bond donors (Lipinski definition) is 1. The van der Waals surface area contributed by atoms with E-state index in [2.05, 4.69) is 5.32 Å². The highest BCUT2D eigenvalue weighted by Gasteiger charge is 2.28. The third-order valence-electron chi connectivity index (χ3n) is 5.57. The van der Waals surface area contributed by atoms with Crippen LogP contribution >= 0.6 is 23.2 Å². The molecule has 3 rings (SSSR count). The van der Waals surface area contributed by atoms with Crippen molar-refractivity contribution < 1.29 is 19.1 Å². The normalized spacial score (nSPS) is 15.2. The average molecular weight is 508 g/mol. The quantitative estimate of drug-likeness (QED) is 0.470. The highest BCUT2D eigenvalue weighted by atomic mass is 35.5. The molecular formula is C25H31Cl2N3O4.